The van der Waals surface area contributed by atoms with Crippen molar-refractivity contribution in [3.63, 3.8) is 0 Å². The second-order valence-electron chi connectivity index (χ2n) is 5.15. The van der Waals surface area contributed by atoms with Crippen molar-refractivity contribution in [3.8, 4) is 18.1 Å². The minimum atomic E-state index is -0.433. The van der Waals surface area contributed by atoms with Gasteiger partial charge in [-0.3, -0.25) is 0 Å². The summed E-state index contributed by atoms with van der Waals surface area (Å²) in [6, 6.07) is 6.90. The van der Waals surface area contributed by atoms with E-state index >= 15 is 0 Å². The fourth-order valence-electron chi connectivity index (χ4n) is 2.64. The van der Waals surface area contributed by atoms with Crippen molar-refractivity contribution in [1.29, 1.82) is 0 Å². The third-order valence-electron chi connectivity index (χ3n) is 3.72. The van der Waals surface area contributed by atoms with E-state index < -0.39 is 12.0 Å². The number of fused-ring (bicyclic) bond motifs is 1. The van der Waals surface area contributed by atoms with Gasteiger partial charge in [0.25, 0.3) is 0 Å². The van der Waals surface area contributed by atoms with E-state index in [1.54, 1.807) is 16.8 Å². The smallest absolute Gasteiger partial charge is 0.338 e. The van der Waals surface area contributed by atoms with Crippen LogP contribution in [0, 0.1) is 12.3 Å². The van der Waals surface area contributed by atoms with Crippen LogP contribution in [0.15, 0.2) is 41.9 Å². The van der Waals surface area contributed by atoms with Crippen molar-refractivity contribution in [3.05, 3.63) is 47.4 Å². The number of anilines is 1. The van der Waals surface area contributed by atoms with Gasteiger partial charge in [-0.1, -0.05) is 18.1 Å². The molecule has 1 aliphatic rings. The summed E-state index contributed by atoms with van der Waals surface area (Å²) in [6.07, 6.45) is 6.63. The highest BCUT2D eigenvalue weighted by Gasteiger charge is 2.33. The number of esters is 1. The number of methoxy groups -OCH3 is 1. The van der Waals surface area contributed by atoms with E-state index in [4.69, 9.17) is 15.9 Å². The Morgan fingerprint density at radius 2 is 2.17 bits per heavy atom. The van der Waals surface area contributed by atoms with Crippen LogP contribution in [-0.2, 0) is 9.53 Å². The molecule has 1 aliphatic heterocycles. The highest BCUT2D eigenvalue weighted by atomic mass is 16.5. The summed E-state index contributed by atoms with van der Waals surface area (Å²) in [5, 5.41) is 7.30. The molecule has 0 saturated carbocycles. The molecule has 0 fully saturated rings. The van der Waals surface area contributed by atoms with Crippen LogP contribution in [0.4, 0.5) is 5.95 Å². The molecule has 0 saturated heterocycles. The van der Waals surface area contributed by atoms with Gasteiger partial charge >= 0.3 is 5.97 Å². The molecule has 1 aromatic heterocycles. The Kier molecular flexibility index (Phi) is 4.20. The molecule has 24 heavy (non-hydrogen) atoms. The maximum Gasteiger partial charge on any atom is 0.338 e. The summed E-state index contributed by atoms with van der Waals surface area (Å²) in [5.74, 6) is 3.22. The van der Waals surface area contributed by atoms with Crippen LogP contribution in [0.1, 0.15) is 18.5 Å². The molecule has 0 spiro atoms. The zero-order valence-corrected chi connectivity index (χ0v) is 13.3. The average molecular weight is 324 g/mol. The van der Waals surface area contributed by atoms with E-state index in [1.807, 2.05) is 19.1 Å². The second kappa shape index (κ2) is 6.46. The van der Waals surface area contributed by atoms with Gasteiger partial charge in [-0.25, -0.2) is 9.48 Å². The van der Waals surface area contributed by atoms with Crippen molar-refractivity contribution < 1.29 is 14.3 Å². The standard InChI is InChI=1S/C17H16N4O3/c1-4-9-24-13-7-5-12(6-8-13)15-14(16(22)23-3)11(2)20-17-18-10-19-21(15)17/h1,5-8,10,15H,9H2,2-3H3,(H,18,19,20)/t15-/m0/s1. The first-order valence-corrected chi connectivity index (χ1v) is 7.27. The maximum absolute atomic E-state index is 12.3. The number of hydrogen-bond acceptors (Lipinski definition) is 6. The monoisotopic (exact) mass is 324 g/mol. The maximum atomic E-state index is 12.3. The summed E-state index contributed by atoms with van der Waals surface area (Å²) in [5.41, 5.74) is 2.02. The number of rotatable bonds is 4. The molecule has 2 heterocycles. The number of allylic oxidation sites excluding steroid dienone is 1. The van der Waals surface area contributed by atoms with Crippen LogP contribution in [0.5, 0.6) is 5.75 Å². The Bertz CT molecular complexity index is 830. The molecule has 122 valence electrons. The number of ether oxygens (including phenoxy) is 2. The predicted molar refractivity (Wildman–Crippen MR) is 87.3 cm³/mol. The second-order valence-corrected chi connectivity index (χ2v) is 5.15. The summed E-state index contributed by atoms with van der Waals surface area (Å²) >= 11 is 0. The van der Waals surface area contributed by atoms with Crippen LogP contribution < -0.4 is 10.1 Å². The Morgan fingerprint density at radius 3 is 2.83 bits per heavy atom. The van der Waals surface area contributed by atoms with Crippen molar-refractivity contribution in [2.45, 2.75) is 13.0 Å². The van der Waals surface area contributed by atoms with Gasteiger partial charge in [-0.15, -0.1) is 6.42 Å². The fraction of sp³-hybridized carbons (Fsp3) is 0.235. The van der Waals surface area contributed by atoms with E-state index in [9.17, 15) is 4.79 Å². The zero-order valence-electron chi connectivity index (χ0n) is 13.3. The summed E-state index contributed by atoms with van der Waals surface area (Å²) in [6.45, 7) is 2.01. The van der Waals surface area contributed by atoms with Gasteiger partial charge in [0.05, 0.1) is 12.7 Å². The quantitative estimate of drug-likeness (QED) is 0.682. The fourth-order valence-corrected chi connectivity index (χ4v) is 2.64. The molecule has 0 unspecified atom stereocenters. The van der Waals surface area contributed by atoms with Crippen LogP contribution in [0.2, 0.25) is 0 Å². The van der Waals surface area contributed by atoms with Crippen LogP contribution in [0.25, 0.3) is 0 Å². The third kappa shape index (κ3) is 2.70. The molecule has 7 heteroatoms. The Labute approximate surface area is 139 Å². The molecule has 0 radical (unpaired) electrons. The SMILES string of the molecule is C#CCOc1ccc([C@H]2C(C(=O)OC)=C(C)Nc3ncnn32)cc1. The Morgan fingerprint density at radius 1 is 1.42 bits per heavy atom. The molecule has 0 amide bonds. The third-order valence-corrected chi connectivity index (χ3v) is 3.72. The van der Waals surface area contributed by atoms with Crippen molar-refractivity contribution in [2.24, 2.45) is 0 Å². The minimum Gasteiger partial charge on any atom is -0.481 e. The van der Waals surface area contributed by atoms with E-state index in [-0.39, 0.29) is 6.61 Å². The van der Waals surface area contributed by atoms with Crippen LogP contribution >= 0.6 is 0 Å². The van der Waals surface area contributed by atoms with E-state index in [0.717, 1.165) is 5.56 Å². The van der Waals surface area contributed by atoms with Gasteiger partial charge < -0.3 is 14.8 Å². The number of aromatic nitrogens is 3. The number of benzene rings is 1. The van der Waals surface area contributed by atoms with Gasteiger partial charge in [0, 0.05) is 5.70 Å². The van der Waals surface area contributed by atoms with Crippen molar-refractivity contribution in [2.75, 3.05) is 19.0 Å². The minimum absolute atomic E-state index is 0.201. The normalized spacial score (nSPS) is 16.0. The summed E-state index contributed by atoms with van der Waals surface area (Å²) < 4.78 is 12.0. The van der Waals surface area contributed by atoms with Crippen LogP contribution in [-0.4, -0.2) is 34.5 Å². The van der Waals surface area contributed by atoms with E-state index in [1.165, 1.54) is 13.4 Å². The highest BCUT2D eigenvalue weighted by Crippen LogP contribution is 2.35. The highest BCUT2D eigenvalue weighted by molar-refractivity contribution is 5.92. The Balaban J connectivity index is 2.03. The predicted octanol–water partition coefficient (Wildman–Crippen LogP) is 1.75. The van der Waals surface area contributed by atoms with Gasteiger partial charge in [0.2, 0.25) is 5.95 Å². The molecule has 0 bridgehead atoms. The lowest BCUT2D eigenvalue weighted by molar-refractivity contribution is -0.136. The lowest BCUT2D eigenvalue weighted by atomic mass is 9.96. The molecule has 1 aromatic carbocycles. The molecule has 7 nitrogen and oxygen atoms in total. The molecule has 3 rings (SSSR count). The molecular formula is C17H16N4O3. The van der Waals surface area contributed by atoms with Crippen LogP contribution in [0.3, 0.4) is 0 Å². The first kappa shape index (κ1) is 15.6. The largest absolute Gasteiger partial charge is 0.481 e. The number of nitrogens with zero attached hydrogens (tertiary/aromatic N) is 3. The number of hydrogen-bond donors (Lipinski definition) is 1. The summed E-state index contributed by atoms with van der Waals surface area (Å²) in [4.78, 5) is 16.4. The molecule has 0 aliphatic carbocycles. The molecule has 2 aromatic rings. The Hall–Kier alpha value is -3.27. The van der Waals surface area contributed by atoms with Crippen molar-refractivity contribution >= 4 is 11.9 Å². The molecular weight excluding hydrogens is 308 g/mol. The van der Waals surface area contributed by atoms with E-state index in [2.05, 4.69) is 21.3 Å². The van der Waals surface area contributed by atoms with Gasteiger partial charge in [0.15, 0.2) is 0 Å². The van der Waals surface area contributed by atoms with Crippen molar-refractivity contribution in [1.82, 2.24) is 14.8 Å². The van der Waals surface area contributed by atoms with E-state index in [0.29, 0.717) is 23.0 Å². The van der Waals surface area contributed by atoms with Gasteiger partial charge in [-0.05, 0) is 24.6 Å². The van der Waals surface area contributed by atoms with Gasteiger partial charge in [-0.2, -0.15) is 10.1 Å². The first-order chi connectivity index (χ1) is 11.7. The zero-order chi connectivity index (χ0) is 17.1. The molecule has 1 N–H and O–H groups in total. The number of carbonyl (C=O) groups is 1. The average Bonchev–Trinajstić information content (AvgIpc) is 3.06. The number of carbonyl (C=O) groups excluding carboxylic acids is 1. The number of nitrogens with one attached hydrogen (secondary N) is 1. The first-order valence-electron chi connectivity index (χ1n) is 7.27. The lowest BCUT2D eigenvalue weighted by Crippen LogP contribution is -2.29. The topological polar surface area (TPSA) is 78.3 Å². The number of terminal acetylenes is 1. The van der Waals surface area contributed by atoms with Gasteiger partial charge in [0.1, 0.15) is 24.7 Å². The summed E-state index contributed by atoms with van der Waals surface area (Å²) in [7, 11) is 1.35. The molecule has 1 atom stereocenters. The lowest BCUT2D eigenvalue weighted by Gasteiger charge is -2.27.